The van der Waals surface area contributed by atoms with E-state index in [0.29, 0.717) is 11.7 Å². The number of nitrogens with zero attached hydrogens (tertiary/aromatic N) is 3. The summed E-state index contributed by atoms with van der Waals surface area (Å²) in [5.41, 5.74) is 2.06. The number of carbonyl (C=O) groups excluding carboxylic acids is 1. The van der Waals surface area contributed by atoms with Gasteiger partial charge in [0.2, 0.25) is 5.91 Å². The van der Waals surface area contributed by atoms with Crippen molar-refractivity contribution in [3.8, 4) is 11.4 Å². The largest absolute Gasteiger partial charge is 0.323 e. The SMILES string of the molecule is CCc1ccc(NC(=O)CSc2nnc(-c3ccccc3)n2CC)c(F)c1. The summed E-state index contributed by atoms with van der Waals surface area (Å²) in [7, 11) is 0. The van der Waals surface area contributed by atoms with Crippen molar-refractivity contribution in [2.24, 2.45) is 0 Å². The molecule has 0 saturated heterocycles. The van der Waals surface area contributed by atoms with Gasteiger partial charge in [0.1, 0.15) is 5.82 Å². The Morgan fingerprint density at radius 2 is 1.93 bits per heavy atom. The van der Waals surface area contributed by atoms with E-state index in [-0.39, 0.29) is 17.3 Å². The van der Waals surface area contributed by atoms with E-state index in [1.54, 1.807) is 6.07 Å². The fourth-order valence-corrected chi connectivity index (χ4v) is 3.48. The molecule has 1 aromatic heterocycles. The van der Waals surface area contributed by atoms with Crippen LogP contribution in [0.2, 0.25) is 0 Å². The van der Waals surface area contributed by atoms with Crippen molar-refractivity contribution in [3.63, 3.8) is 0 Å². The van der Waals surface area contributed by atoms with Crippen molar-refractivity contribution in [2.45, 2.75) is 32.0 Å². The molecule has 0 fully saturated rings. The molecule has 140 valence electrons. The fourth-order valence-electron chi connectivity index (χ4n) is 2.68. The molecule has 0 spiro atoms. The second-order valence-electron chi connectivity index (χ2n) is 5.92. The number of rotatable bonds is 7. The van der Waals surface area contributed by atoms with Crippen molar-refractivity contribution in [3.05, 3.63) is 59.9 Å². The Kier molecular flexibility index (Phi) is 6.24. The van der Waals surface area contributed by atoms with E-state index in [0.717, 1.165) is 23.4 Å². The van der Waals surface area contributed by atoms with E-state index in [1.807, 2.05) is 54.8 Å². The van der Waals surface area contributed by atoms with Crippen molar-refractivity contribution in [2.75, 3.05) is 11.1 Å². The van der Waals surface area contributed by atoms with E-state index in [1.165, 1.54) is 17.8 Å². The van der Waals surface area contributed by atoms with Crippen LogP contribution in [0.1, 0.15) is 19.4 Å². The molecule has 27 heavy (non-hydrogen) atoms. The summed E-state index contributed by atoms with van der Waals surface area (Å²) in [6.07, 6.45) is 0.747. The lowest BCUT2D eigenvalue weighted by Crippen LogP contribution is -2.15. The predicted octanol–water partition coefficient (Wildman–Crippen LogP) is 4.40. The highest BCUT2D eigenvalue weighted by molar-refractivity contribution is 7.99. The highest BCUT2D eigenvalue weighted by atomic mass is 32.2. The van der Waals surface area contributed by atoms with Gasteiger partial charge in [-0.15, -0.1) is 10.2 Å². The number of nitrogens with one attached hydrogen (secondary N) is 1. The van der Waals surface area contributed by atoms with Crippen molar-refractivity contribution < 1.29 is 9.18 Å². The van der Waals surface area contributed by atoms with Crippen LogP contribution in [0.5, 0.6) is 0 Å². The topological polar surface area (TPSA) is 59.8 Å². The lowest BCUT2D eigenvalue weighted by molar-refractivity contribution is -0.113. The van der Waals surface area contributed by atoms with E-state index in [2.05, 4.69) is 15.5 Å². The zero-order valence-corrected chi connectivity index (χ0v) is 16.1. The Labute approximate surface area is 162 Å². The maximum absolute atomic E-state index is 14.0. The van der Waals surface area contributed by atoms with Gasteiger partial charge in [0, 0.05) is 12.1 Å². The van der Waals surface area contributed by atoms with E-state index in [4.69, 9.17) is 0 Å². The molecule has 0 bridgehead atoms. The molecule has 1 N–H and O–H groups in total. The number of aryl methyl sites for hydroxylation is 1. The summed E-state index contributed by atoms with van der Waals surface area (Å²) in [6.45, 7) is 4.65. The van der Waals surface area contributed by atoms with Crippen LogP contribution in [0.25, 0.3) is 11.4 Å². The number of amides is 1. The molecule has 0 atom stereocenters. The normalized spacial score (nSPS) is 10.8. The summed E-state index contributed by atoms with van der Waals surface area (Å²) >= 11 is 1.28. The number of anilines is 1. The molecule has 0 aliphatic carbocycles. The van der Waals surface area contributed by atoms with Gasteiger partial charge in [-0.05, 0) is 31.0 Å². The second kappa shape index (κ2) is 8.81. The highest BCUT2D eigenvalue weighted by Crippen LogP contribution is 2.24. The Balaban J connectivity index is 1.66. The number of benzene rings is 2. The number of halogens is 1. The smallest absolute Gasteiger partial charge is 0.234 e. The molecule has 5 nitrogen and oxygen atoms in total. The van der Waals surface area contributed by atoms with Gasteiger partial charge in [0.25, 0.3) is 0 Å². The Hall–Kier alpha value is -2.67. The number of hydrogen-bond acceptors (Lipinski definition) is 4. The van der Waals surface area contributed by atoms with Crippen molar-refractivity contribution in [1.82, 2.24) is 14.8 Å². The Morgan fingerprint density at radius 1 is 1.15 bits per heavy atom. The lowest BCUT2D eigenvalue weighted by atomic mass is 10.1. The molecule has 0 aliphatic rings. The van der Waals surface area contributed by atoms with Crippen LogP contribution in [0.4, 0.5) is 10.1 Å². The maximum atomic E-state index is 14.0. The quantitative estimate of drug-likeness (QED) is 0.614. The van der Waals surface area contributed by atoms with Crippen LogP contribution in [-0.4, -0.2) is 26.4 Å². The summed E-state index contributed by atoms with van der Waals surface area (Å²) in [5.74, 6) is 0.190. The zero-order chi connectivity index (χ0) is 19.2. The minimum Gasteiger partial charge on any atom is -0.323 e. The minimum absolute atomic E-state index is 0.127. The number of hydrogen-bond donors (Lipinski definition) is 1. The van der Waals surface area contributed by atoms with Gasteiger partial charge in [-0.3, -0.25) is 4.79 Å². The standard InChI is InChI=1S/C20H21FN4OS/c1-3-14-10-11-17(16(21)12-14)22-18(26)13-27-20-24-23-19(25(20)4-2)15-8-6-5-7-9-15/h5-12H,3-4,13H2,1-2H3,(H,22,26). The minimum atomic E-state index is -0.421. The number of thioether (sulfide) groups is 1. The molecule has 2 aromatic carbocycles. The number of carbonyl (C=O) groups is 1. The Bertz CT molecular complexity index is 927. The molecule has 0 saturated carbocycles. The maximum Gasteiger partial charge on any atom is 0.234 e. The van der Waals surface area contributed by atoms with Gasteiger partial charge < -0.3 is 9.88 Å². The van der Waals surface area contributed by atoms with Crippen molar-refractivity contribution in [1.29, 1.82) is 0 Å². The van der Waals surface area contributed by atoms with Crippen LogP contribution in [-0.2, 0) is 17.8 Å². The molecule has 7 heteroatoms. The van der Waals surface area contributed by atoms with E-state index in [9.17, 15) is 9.18 Å². The van der Waals surface area contributed by atoms with Gasteiger partial charge in [-0.25, -0.2) is 4.39 Å². The molecule has 0 aliphatic heterocycles. The average molecular weight is 384 g/mol. The summed E-state index contributed by atoms with van der Waals surface area (Å²) in [4.78, 5) is 12.2. The van der Waals surface area contributed by atoms with Gasteiger partial charge >= 0.3 is 0 Å². The molecule has 1 amide bonds. The average Bonchev–Trinajstić information content (AvgIpc) is 3.11. The molecule has 3 aromatic rings. The van der Waals surface area contributed by atoms with Gasteiger partial charge in [-0.1, -0.05) is 55.1 Å². The number of aromatic nitrogens is 3. The van der Waals surface area contributed by atoms with Crippen LogP contribution < -0.4 is 5.32 Å². The van der Waals surface area contributed by atoms with Crippen LogP contribution >= 0.6 is 11.8 Å². The first-order valence-electron chi connectivity index (χ1n) is 8.82. The molecule has 0 unspecified atom stereocenters. The molecule has 3 rings (SSSR count). The summed E-state index contributed by atoms with van der Waals surface area (Å²) < 4.78 is 16.0. The van der Waals surface area contributed by atoms with Crippen LogP contribution in [0.3, 0.4) is 0 Å². The molecule has 0 radical (unpaired) electrons. The predicted molar refractivity (Wildman–Crippen MR) is 106 cm³/mol. The van der Waals surface area contributed by atoms with E-state index < -0.39 is 5.82 Å². The monoisotopic (exact) mass is 384 g/mol. The third-order valence-electron chi connectivity index (χ3n) is 4.11. The van der Waals surface area contributed by atoms with Gasteiger partial charge in [-0.2, -0.15) is 0 Å². The second-order valence-corrected chi connectivity index (χ2v) is 6.86. The first-order valence-corrected chi connectivity index (χ1v) is 9.80. The molecular weight excluding hydrogens is 363 g/mol. The van der Waals surface area contributed by atoms with Crippen molar-refractivity contribution >= 4 is 23.4 Å². The molecule has 1 heterocycles. The fraction of sp³-hybridized carbons (Fsp3) is 0.250. The Morgan fingerprint density at radius 3 is 2.59 bits per heavy atom. The summed E-state index contributed by atoms with van der Waals surface area (Å²) in [6, 6.07) is 14.6. The highest BCUT2D eigenvalue weighted by Gasteiger charge is 2.15. The van der Waals surface area contributed by atoms with Crippen LogP contribution in [0, 0.1) is 5.82 Å². The van der Waals surface area contributed by atoms with Gasteiger partial charge in [0.15, 0.2) is 11.0 Å². The zero-order valence-electron chi connectivity index (χ0n) is 15.3. The molecular formula is C20H21FN4OS. The third-order valence-corrected chi connectivity index (χ3v) is 5.08. The van der Waals surface area contributed by atoms with E-state index >= 15 is 0 Å². The lowest BCUT2D eigenvalue weighted by Gasteiger charge is -2.09. The first kappa shape index (κ1) is 19.1. The third kappa shape index (κ3) is 4.54. The van der Waals surface area contributed by atoms with Gasteiger partial charge in [0.05, 0.1) is 11.4 Å². The summed E-state index contributed by atoms with van der Waals surface area (Å²) in [5, 5.41) is 11.7. The van der Waals surface area contributed by atoms with Crippen LogP contribution in [0.15, 0.2) is 53.7 Å². The first-order chi connectivity index (χ1) is 13.1.